The predicted molar refractivity (Wildman–Crippen MR) is 79.7 cm³/mol. The molecule has 0 aliphatic carbocycles. The van der Waals surface area contributed by atoms with Gasteiger partial charge in [-0.2, -0.15) is 4.98 Å². The number of nitrogens with one attached hydrogen (secondary N) is 1. The zero-order valence-electron chi connectivity index (χ0n) is 12.9. The minimum Gasteiger partial charge on any atom is -0.474 e. The van der Waals surface area contributed by atoms with Gasteiger partial charge in [0.25, 0.3) is 0 Å². The first-order chi connectivity index (χ1) is 9.05. The van der Waals surface area contributed by atoms with E-state index in [0.717, 1.165) is 37.4 Å². The maximum Gasteiger partial charge on any atom is 0.218 e. The van der Waals surface area contributed by atoms with Gasteiger partial charge >= 0.3 is 0 Å². The number of anilines is 1. The maximum atomic E-state index is 5.90. The molecule has 1 N–H and O–H groups in total. The van der Waals surface area contributed by atoms with Crippen molar-refractivity contribution in [3.05, 3.63) is 11.9 Å². The van der Waals surface area contributed by atoms with E-state index in [1.54, 1.807) is 0 Å². The number of aromatic nitrogens is 2. The first-order valence-corrected chi connectivity index (χ1v) is 7.33. The van der Waals surface area contributed by atoms with E-state index in [1.807, 2.05) is 6.07 Å². The highest BCUT2D eigenvalue weighted by Gasteiger charge is 2.10. The average molecular weight is 265 g/mol. The Balaban J connectivity index is 2.75. The molecule has 0 aliphatic heterocycles. The van der Waals surface area contributed by atoms with Crippen molar-refractivity contribution in [1.29, 1.82) is 0 Å². The van der Waals surface area contributed by atoms with Gasteiger partial charge in [0, 0.05) is 19.0 Å². The molecule has 0 bridgehead atoms. The first-order valence-electron chi connectivity index (χ1n) is 7.33. The lowest BCUT2D eigenvalue weighted by Gasteiger charge is -2.17. The molecule has 1 atom stereocenters. The van der Waals surface area contributed by atoms with Crippen LogP contribution in [0.5, 0.6) is 5.88 Å². The van der Waals surface area contributed by atoms with Gasteiger partial charge < -0.3 is 10.1 Å². The van der Waals surface area contributed by atoms with Crippen molar-refractivity contribution in [1.82, 2.24) is 9.97 Å². The molecule has 1 aromatic rings. The summed E-state index contributed by atoms with van der Waals surface area (Å²) in [6, 6.07) is 1.89. The van der Waals surface area contributed by atoms with E-state index in [9.17, 15) is 0 Å². The van der Waals surface area contributed by atoms with Gasteiger partial charge in [-0.1, -0.05) is 27.7 Å². The van der Waals surface area contributed by atoms with Crippen LogP contribution in [0.4, 0.5) is 5.82 Å². The fourth-order valence-corrected chi connectivity index (χ4v) is 1.95. The standard InChI is InChI=1S/C15H27N3O/c1-6-8-16-14-10-15(18-13(7-2)17-14)19-12(5)9-11(3)4/h10-12H,6-9H2,1-5H3,(H,16,17,18). The molecule has 0 saturated carbocycles. The Kier molecular flexibility index (Phi) is 6.60. The Morgan fingerprint density at radius 3 is 2.53 bits per heavy atom. The molecule has 1 rings (SSSR count). The third-order valence-electron chi connectivity index (χ3n) is 2.75. The summed E-state index contributed by atoms with van der Waals surface area (Å²) in [6.45, 7) is 11.6. The van der Waals surface area contributed by atoms with Crippen molar-refractivity contribution in [3.8, 4) is 5.88 Å². The van der Waals surface area contributed by atoms with Crippen LogP contribution in [0.15, 0.2) is 6.07 Å². The topological polar surface area (TPSA) is 47.0 Å². The van der Waals surface area contributed by atoms with E-state index in [4.69, 9.17) is 4.74 Å². The van der Waals surface area contributed by atoms with Gasteiger partial charge in [-0.15, -0.1) is 0 Å². The summed E-state index contributed by atoms with van der Waals surface area (Å²) in [6.07, 6.45) is 3.10. The highest BCUT2D eigenvalue weighted by Crippen LogP contribution is 2.17. The van der Waals surface area contributed by atoms with Gasteiger partial charge in [-0.3, -0.25) is 0 Å². The Morgan fingerprint density at radius 1 is 1.21 bits per heavy atom. The Labute approximate surface area is 117 Å². The quantitative estimate of drug-likeness (QED) is 0.779. The van der Waals surface area contributed by atoms with Crippen molar-refractivity contribution in [3.63, 3.8) is 0 Å². The van der Waals surface area contributed by atoms with Crippen molar-refractivity contribution in [2.75, 3.05) is 11.9 Å². The van der Waals surface area contributed by atoms with Crippen molar-refractivity contribution >= 4 is 5.82 Å². The zero-order chi connectivity index (χ0) is 14.3. The molecule has 4 nitrogen and oxygen atoms in total. The van der Waals surface area contributed by atoms with Gasteiger partial charge in [0.2, 0.25) is 5.88 Å². The number of aryl methyl sites for hydroxylation is 1. The monoisotopic (exact) mass is 265 g/mol. The molecule has 0 spiro atoms. The minimum absolute atomic E-state index is 0.179. The summed E-state index contributed by atoms with van der Waals surface area (Å²) in [5.41, 5.74) is 0. The van der Waals surface area contributed by atoms with E-state index in [2.05, 4.69) is 49.9 Å². The summed E-state index contributed by atoms with van der Waals surface area (Å²) in [4.78, 5) is 8.89. The Bertz CT molecular complexity index is 380. The number of rotatable bonds is 8. The molecule has 1 aromatic heterocycles. The van der Waals surface area contributed by atoms with Crippen LogP contribution >= 0.6 is 0 Å². The van der Waals surface area contributed by atoms with Crippen LogP contribution in [0.3, 0.4) is 0 Å². The van der Waals surface area contributed by atoms with Crippen LogP contribution in [0.1, 0.15) is 53.3 Å². The highest BCUT2D eigenvalue weighted by molar-refractivity contribution is 5.38. The van der Waals surface area contributed by atoms with Crippen molar-refractivity contribution < 1.29 is 4.74 Å². The number of ether oxygens (including phenoxy) is 1. The van der Waals surface area contributed by atoms with Gasteiger partial charge in [0.1, 0.15) is 11.6 Å². The Morgan fingerprint density at radius 2 is 1.95 bits per heavy atom. The van der Waals surface area contributed by atoms with Crippen LogP contribution < -0.4 is 10.1 Å². The summed E-state index contributed by atoms with van der Waals surface area (Å²) in [5, 5.41) is 3.29. The third-order valence-corrected chi connectivity index (χ3v) is 2.75. The zero-order valence-corrected chi connectivity index (χ0v) is 12.9. The fourth-order valence-electron chi connectivity index (χ4n) is 1.95. The molecular formula is C15H27N3O. The van der Waals surface area contributed by atoms with Gasteiger partial charge in [0.15, 0.2) is 0 Å². The fraction of sp³-hybridized carbons (Fsp3) is 0.733. The van der Waals surface area contributed by atoms with Gasteiger partial charge in [-0.05, 0) is 25.7 Å². The van der Waals surface area contributed by atoms with Crippen LogP contribution in [0.2, 0.25) is 0 Å². The molecule has 0 radical (unpaired) electrons. The second kappa shape index (κ2) is 7.97. The number of nitrogens with zero attached hydrogens (tertiary/aromatic N) is 2. The average Bonchev–Trinajstić information content (AvgIpc) is 2.34. The van der Waals surface area contributed by atoms with Crippen LogP contribution in [0, 0.1) is 5.92 Å². The largest absolute Gasteiger partial charge is 0.474 e. The summed E-state index contributed by atoms with van der Waals surface area (Å²) in [7, 11) is 0. The summed E-state index contributed by atoms with van der Waals surface area (Å²) < 4.78 is 5.90. The minimum atomic E-state index is 0.179. The van der Waals surface area contributed by atoms with Gasteiger partial charge in [0.05, 0.1) is 6.10 Å². The van der Waals surface area contributed by atoms with Gasteiger partial charge in [-0.25, -0.2) is 4.98 Å². The molecule has 0 saturated heterocycles. The predicted octanol–water partition coefficient (Wildman–Crippen LogP) is 3.67. The van der Waals surface area contributed by atoms with E-state index in [0.29, 0.717) is 11.8 Å². The molecule has 0 fully saturated rings. The third kappa shape index (κ3) is 5.90. The lowest BCUT2D eigenvalue weighted by molar-refractivity contribution is 0.185. The van der Waals surface area contributed by atoms with Crippen LogP contribution in [-0.4, -0.2) is 22.6 Å². The number of hydrogen-bond acceptors (Lipinski definition) is 4. The lowest BCUT2D eigenvalue weighted by atomic mass is 10.1. The smallest absolute Gasteiger partial charge is 0.218 e. The second-order valence-corrected chi connectivity index (χ2v) is 5.35. The van der Waals surface area contributed by atoms with Crippen molar-refractivity contribution in [2.24, 2.45) is 5.92 Å². The molecule has 4 heteroatoms. The SMILES string of the molecule is CCCNc1cc(OC(C)CC(C)C)nc(CC)n1. The molecular weight excluding hydrogens is 238 g/mol. The first kappa shape index (κ1) is 15.7. The van der Waals surface area contributed by atoms with Crippen LogP contribution in [-0.2, 0) is 6.42 Å². The molecule has 0 aliphatic rings. The normalized spacial score (nSPS) is 12.5. The molecule has 108 valence electrons. The molecule has 0 aromatic carbocycles. The van der Waals surface area contributed by atoms with E-state index >= 15 is 0 Å². The molecule has 0 amide bonds. The lowest BCUT2D eigenvalue weighted by Crippen LogP contribution is -2.16. The molecule has 19 heavy (non-hydrogen) atoms. The molecule has 1 unspecified atom stereocenters. The highest BCUT2D eigenvalue weighted by atomic mass is 16.5. The number of hydrogen-bond donors (Lipinski definition) is 1. The second-order valence-electron chi connectivity index (χ2n) is 5.35. The molecule has 1 heterocycles. The van der Waals surface area contributed by atoms with Crippen molar-refractivity contribution in [2.45, 2.75) is 60.0 Å². The van der Waals surface area contributed by atoms with E-state index in [1.165, 1.54) is 0 Å². The summed E-state index contributed by atoms with van der Waals surface area (Å²) >= 11 is 0. The van der Waals surface area contributed by atoms with Crippen LogP contribution in [0.25, 0.3) is 0 Å². The maximum absolute atomic E-state index is 5.90. The van der Waals surface area contributed by atoms with E-state index in [-0.39, 0.29) is 6.10 Å². The van der Waals surface area contributed by atoms with E-state index < -0.39 is 0 Å². The Hall–Kier alpha value is -1.32. The summed E-state index contributed by atoms with van der Waals surface area (Å²) in [5.74, 6) is 2.99.